The summed E-state index contributed by atoms with van der Waals surface area (Å²) in [7, 11) is 0. The zero-order valence-electron chi connectivity index (χ0n) is 34.7. The summed E-state index contributed by atoms with van der Waals surface area (Å²) in [5.41, 5.74) is 13.0. The molecule has 59 heavy (non-hydrogen) atoms. The maximum absolute atomic E-state index is 13.8. The predicted molar refractivity (Wildman–Crippen MR) is 221 cm³/mol. The molecule has 2 fully saturated rings. The Hall–Kier alpha value is -4.61. The molecule has 3 rings (SSSR count). The molecule has 1 aliphatic heterocycles. The minimum Gasteiger partial charge on any atom is -0.481 e. The van der Waals surface area contributed by atoms with Crippen LogP contribution in [0, 0.1) is 17.8 Å². The van der Waals surface area contributed by atoms with Gasteiger partial charge < -0.3 is 53.6 Å². The normalized spacial score (nSPS) is 21.2. The Morgan fingerprint density at radius 2 is 1.34 bits per heavy atom. The van der Waals surface area contributed by atoms with E-state index in [0.29, 0.717) is 58.0 Å². The molecule has 0 aromatic heterocycles. The molecule has 0 spiro atoms. The summed E-state index contributed by atoms with van der Waals surface area (Å²) in [5.74, 6) is -4.80. The number of rotatable bonds is 25. The monoisotopic (exact) mass is 829 g/mol. The van der Waals surface area contributed by atoms with Crippen molar-refractivity contribution in [3.63, 3.8) is 0 Å². The lowest BCUT2D eigenvalue weighted by molar-refractivity contribution is -0.140. The van der Waals surface area contributed by atoms with Crippen molar-refractivity contribution in [1.82, 2.24) is 31.9 Å². The van der Waals surface area contributed by atoms with E-state index in [0.717, 1.165) is 24.9 Å². The van der Waals surface area contributed by atoms with Gasteiger partial charge in [0.1, 0.15) is 0 Å². The van der Waals surface area contributed by atoms with Crippen molar-refractivity contribution in [1.29, 1.82) is 0 Å². The van der Waals surface area contributed by atoms with E-state index in [4.69, 9.17) is 16.6 Å². The summed E-state index contributed by atoms with van der Waals surface area (Å²) < 4.78 is 0. The number of piperidine rings is 1. The fourth-order valence-corrected chi connectivity index (χ4v) is 8.07. The van der Waals surface area contributed by atoms with E-state index >= 15 is 0 Å². The van der Waals surface area contributed by atoms with Gasteiger partial charge in [0.15, 0.2) is 0 Å². The lowest BCUT2D eigenvalue weighted by Gasteiger charge is -2.33. The third-order valence-corrected chi connectivity index (χ3v) is 11.0. The van der Waals surface area contributed by atoms with Gasteiger partial charge in [0.05, 0.1) is 18.3 Å². The zero-order valence-corrected chi connectivity index (χ0v) is 34.7. The quantitative estimate of drug-likeness (QED) is 0.0663. The van der Waals surface area contributed by atoms with E-state index < -0.39 is 66.3 Å². The van der Waals surface area contributed by atoms with Crippen molar-refractivity contribution in [2.45, 2.75) is 146 Å². The predicted octanol–water partition coefficient (Wildman–Crippen LogP) is 1.07. The molecule has 0 unspecified atom stereocenters. The molecule has 8 atom stereocenters. The molecule has 1 aromatic rings. The van der Waals surface area contributed by atoms with E-state index in [2.05, 4.69) is 31.9 Å². The zero-order chi connectivity index (χ0) is 43.3. The fraction of sp³-hybridized carbons (Fsp3) is 0.690. The van der Waals surface area contributed by atoms with Crippen molar-refractivity contribution in [2.75, 3.05) is 19.6 Å². The van der Waals surface area contributed by atoms with Crippen LogP contribution in [0.2, 0.25) is 0 Å². The Bertz CT molecular complexity index is 1530. The molecule has 17 nitrogen and oxygen atoms in total. The molecule has 1 heterocycles. The fourth-order valence-electron chi connectivity index (χ4n) is 8.07. The molecule has 1 saturated carbocycles. The molecular formula is C42H68N8O9. The van der Waals surface area contributed by atoms with Crippen LogP contribution < -0.4 is 43.4 Å². The van der Waals surface area contributed by atoms with Crippen LogP contribution >= 0.6 is 0 Å². The number of carboxylic acid groups (broad SMARTS) is 2. The summed E-state index contributed by atoms with van der Waals surface area (Å²) in [4.78, 5) is 89.7. The molecule has 2 aliphatic rings. The average molecular weight is 829 g/mol. The Kier molecular flexibility index (Phi) is 21.3. The maximum Gasteiger partial charge on any atom is 0.305 e. The van der Waals surface area contributed by atoms with Crippen LogP contribution in [0.3, 0.4) is 0 Å². The van der Waals surface area contributed by atoms with Gasteiger partial charge in [-0.15, -0.1) is 0 Å². The number of carbonyl (C=O) groups excluding carboxylic acids is 5. The van der Waals surface area contributed by atoms with Gasteiger partial charge in [-0.3, -0.25) is 33.6 Å². The highest BCUT2D eigenvalue weighted by atomic mass is 16.4. The van der Waals surface area contributed by atoms with E-state index in [1.807, 2.05) is 44.2 Å². The molecular weight excluding hydrogens is 761 g/mol. The summed E-state index contributed by atoms with van der Waals surface area (Å²) >= 11 is 0. The van der Waals surface area contributed by atoms with Crippen LogP contribution in [0.4, 0.5) is 0 Å². The molecule has 1 aliphatic carbocycles. The summed E-state index contributed by atoms with van der Waals surface area (Å²) in [5, 5.41) is 36.3. The number of carbonyl (C=O) groups is 7. The van der Waals surface area contributed by atoms with Crippen LogP contribution in [0.1, 0.15) is 109 Å². The largest absolute Gasteiger partial charge is 0.481 e. The second-order valence-corrected chi connectivity index (χ2v) is 16.7. The maximum atomic E-state index is 13.8. The highest BCUT2D eigenvalue weighted by Gasteiger charge is 2.35. The Morgan fingerprint density at radius 3 is 1.97 bits per heavy atom. The van der Waals surface area contributed by atoms with Gasteiger partial charge in [0, 0.05) is 68.5 Å². The van der Waals surface area contributed by atoms with Crippen molar-refractivity contribution < 1.29 is 43.8 Å². The number of carboxylic acids is 2. The van der Waals surface area contributed by atoms with Crippen LogP contribution in [-0.4, -0.2) is 108 Å². The summed E-state index contributed by atoms with van der Waals surface area (Å²) in [6.45, 7) is 5.46. The molecule has 1 saturated heterocycles. The van der Waals surface area contributed by atoms with Crippen molar-refractivity contribution >= 4 is 41.5 Å². The molecule has 0 radical (unpaired) electrons. The van der Waals surface area contributed by atoms with E-state index in [9.17, 15) is 38.7 Å². The summed E-state index contributed by atoms with van der Waals surface area (Å²) in [6.07, 6.45) is 4.29. The van der Waals surface area contributed by atoms with Gasteiger partial charge in [-0.05, 0) is 75.9 Å². The Labute approximate surface area is 347 Å². The minimum absolute atomic E-state index is 0.0141. The minimum atomic E-state index is -1.17. The van der Waals surface area contributed by atoms with E-state index in [1.165, 1.54) is 0 Å². The molecule has 1 aromatic carbocycles. The topological polar surface area (TPSA) is 284 Å². The number of nitrogens with two attached hydrogens (primary N) is 2. The molecule has 12 N–H and O–H groups in total. The lowest BCUT2D eigenvalue weighted by Crippen LogP contribution is -2.54. The first-order chi connectivity index (χ1) is 28.1. The number of hydrogen-bond acceptors (Lipinski definition) is 10. The standard InChI is InChI=1S/C42H68N8O9/c1-26(2)19-30(22-36(51)47-29(24-40(56)57)14-15-39(54)55)48-41(58)32-12-6-7-13-35(32)50-38(53)21-28(11-8-17-43)46-37(52)23-31(20-27-9-4-3-5-10-27)49-42(59)33-25-45-18-16-34(33)44/h3-5,9-10,26,28-35,45H,6-8,11-25,43-44H2,1-2H3,(H,46,52)(H,47,51)(H,48,58)(H,49,59)(H,50,53)(H,54,55)(H,56,57)/t28-,29-,30-,31-,32+,33+,34+,35+/m0/s1. The van der Waals surface area contributed by atoms with Gasteiger partial charge in [-0.2, -0.15) is 0 Å². The highest BCUT2D eigenvalue weighted by Crippen LogP contribution is 2.26. The van der Waals surface area contributed by atoms with E-state index in [-0.39, 0.29) is 67.7 Å². The summed E-state index contributed by atoms with van der Waals surface area (Å²) in [6, 6.07) is 6.30. The third kappa shape index (κ3) is 18.9. The van der Waals surface area contributed by atoms with Crippen molar-refractivity contribution in [3.8, 4) is 0 Å². The first-order valence-corrected chi connectivity index (χ1v) is 21.3. The van der Waals surface area contributed by atoms with E-state index in [1.54, 1.807) is 0 Å². The average Bonchev–Trinajstić information content (AvgIpc) is 3.16. The SMILES string of the molecule is CC(C)C[C@@H](CC(=O)N[C@@H](CCC(=O)O)CC(=O)O)NC(=O)[C@@H]1CCCC[C@H]1NC(=O)C[C@H](CCCN)NC(=O)C[C@H](Cc1ccccc1)NC(=O)[C@@H]1CNCC[C@H]1N. The van der Waals surface area contributed by atoms with Gasteiger partial charge in [0.2, 0.25) is 29.5 Å². The van der Waals surface area contributed by atoms with Crippen LogP contribution in [0.25, 0.3) is 0 Å². The van der Waals surface area contributed by atoms with Crippen molar-refractivity contribution in [2.24, 2.45) is 29.2 Å². The van der Waals surface area contributed by atoms with Crippen LogP contribution in [-0.2, 0) is 40.0 Å². The van der Waals surface area contributed by atoms with Gasteiger partial charge >= 0.3 is 11.9 Å². The van der Waals surface area contributed by atoms with Crippen LogP contribution in [0.15, 0.2) is 30.3 Å². The second kappa shape index (κ2) is 25.8. The van der Waals surface area contributed by atoms with Gasteiger partial charge in [-0.25, -0.2) is 0 Å². The number of benzene rings is 1. The number of amides is 5. The smallest absolute Gasteiger partial charge is 0.305 e. The van der Waals surface area contributed by atoms with Gasteiger partial charge in [-0.1, -0.05) is 57.0 Å². The van der Waals surface area contributed by atoms with Gasteiger partial charge in [0.25, 0.3) is 0 Å². The second-order valence-electron chi connectivity index (χ2n) is 16.7. The number of nitrogens with one attached hydrogen (secondary N) is 6. The Morgan fingerprint density at radius 1 is 0.729 bits per heavy atom. The number of hydrogen-bond donors (Lipinski definition) is 10. The Balaban J connectivity index is 1.64. The highest BCUT2D eigenvalue weighted by molar-refractivity contribution is 5.85. The number of aliphatic carboxylic acids is 2. The molecule has 0 bridgehead atoms. The molecule has 330 valence electrons. The first kappa shape index (κ1) is 48.8. The molecule has 17 heteroatoms. The first-order valence-electron chi connectivity index (χ1n) is 21.3. The van der Waals surface area contributed by atoms with Crippen molar-refractivity contribution in [3.05, 3.63) is 35.9 Å². The van der Waals surface area contributed by atoms with Crippen LogP contribution in [0.5, 0.6) is 0 Å². The third-order valence-electron chi connectivity index (χ3n) is 11.0. The molecule has 5 amide bonds. The lowest BCUT2D eigenvalue weighted by atomic mass is 9.83.